The summed E-state index contributed by atoms with van der Waals surface area (Å²) in [5.74, 6) is 0. The van der Waals surface area contributed by atoms with Crippen LogP contribution in [0, 0.1) is 0 Å². The van der Waals surface area contributed by atoms with Crippen molar-refractivity contribution in [2.75, 3.05) is 26.3 Å². The first-order valence-corrected chi connectivity index (χ1v) is 6.60. The van der Waals surface area contributed by atoms with Gasteiger partial charge in [0.05, 0.1) is 13.2 Å². The molecule has 1 heterocycles. The highest BCUT2D eigenvalue weighted by Crippen LogP contribution is 2.11. The lowest BCUT2D eigenvalue weighted by molar-refractivity contribution is 0.0540. The van der Waals surface area contributed by atoms with Crippen LogP contribution in [-0.4, -0.2) is 37.2 Å². The SMILES string of the molecule is O=C(N/C=C/c1ccc(Br)cc1)N1CCOCC1. The summed E-state index contributed by atoms with van der Waals surface area (Å²) < 4.78 is 6.23. The molecule has 1 N–H and O–H groups in total. The van der Waals surface area contributed by atoms with Crippen LogP contribution in [0.2, 0.25) is 0 Å². The van der Waals surface area contributed by atoms with Crippen molar-refractivity contribution in [1.29, 1.82) is 0 Å². The normalized spacial score (nSPS) is 15.9. The van der Waals surface area contributed by atoms with Crippen molar-refractivity contribution in [2.24, 2.45) is 0 Å². The first-order chi connectivity index (χ1) is 8.75. The van der Waals surface area contributed by atoms with Crippen molar-refractivity contribution in [3.63, 3.8) is 0 Å². The molecule has 2 amide bonds. The molecule has 1 aliphatic rings. The standard InChI is InChI=1S/C13H15BrN2O2/c14-12-3-1-11(2-4-12)5-6-15-13(17)16-7-9-18-10-8-16/h1-6H,7-10H2,(H,15,17)/b6-5+. The average Bonchev–Trinajstić information content (AvgIpc) is 2.42. The summed E-state index contributed by atoms with van der Waals surface area (Å²) in [5.41, 5.74) is 1.04. The van der Waals surface area contributed by atoms with E-state index in [4.69, 9.17) is 4.74 Å². The van der Waals surface area contributed by atoms with E-state index in [-0.39, 0.29) is 6.03 Å². The number of rotatable bonds is 2. The molecule has 1 fully saturated rings. The Hall–Kier alpha value is -1.33. The Labute approximate surface area is 115 Å². The van der Waals surface area contributed by atoms with Crippen molar-refractivity contribution in [2.45, 2.75) is 0 Å². The van der Waals surface area contributed by atoms with Crippen LogP contribution in [0.5, 0.6) is 0 Å². The lowest BCUT2D eigenvalue weighted by atomic mass is 10.2. The minimum atomic E-state index is -0.0772. The number of hydrogen-bond donors (Lipinski definition) is 1. The Balaban J connectivity index is 1.83. The van der Waals surface area contributed by atoms with Crippen molar-refractivity contribution in [3.8, 4) is 0 Å². The molecular formula is C13H15BrN2O2. The maximum Gasteiger partial charge on any atom is 0.321 e. The van der Waals surface area contributed by atoms with E-state index in [0.29, 0.717) is 26.3 Å². The molecule has 0 saturated carbocycles. The van der Waals surface area contributed by atoms with E-state index in [1.807, 2.05) is 30.3 Å². The van der Waals surface area contributed by atoms with Gasteiger partial charge in [-0.2, -0.15) is 0 Å². The number of carbonyl (C=O) groups is 1. The third kappa shape index (κ3) is 3.85. The average molecular weight is 311 g/mol. The molecule has 1 aromatic rings. The molecule has 1 aliphatic heterocycles. The van der Waals surface area contributed by atoms with Gasteiger partial charge in [-0.05, 0) is 23.8 Å². The second kappa shape index (κ2) is 6.56. The van der Waals surface area contributed by atoms with Crippen LogP contribution >= 0.6 is 15.9 Å². The van der Waals surface area contributed by atoms with Gasteiger partial charge in [0.15, 0.2) is 0 Å². The van der Waals surface area contributed by atoms with E-state index in [1.165, 1.54) is 0 Å². The van der Waals surface area contributed by atoms with Gasteiger partial charge in [-0.15, -0.1) is 0 Å². The monoisotopic (exact) mass is 310 g/mol. The van der Waals surface area contributed by atoms with E-state index in [0.717, 1.165) is 10.0 Å². The van der Waals surface area contributed by atoms with Gasteiger partial charge in [0.1, 0.15) is 0 Å². The summed E-state index contributed by atoms with van der Waals surface area (Å²) >= 11 is 3.38. The highest BCUT2D eigenvalue weighted by molar-refractivity contribution is 9.10. The van der Waals surface area contributed by atoms with Crippen LogP contribution in [0.3, 0.4) is 0 Å². The largest absolute Gasteiger partial charge is 0.378 e. The maximum absolute atomic E-state index is 11.7. The fourth-order valence-electron chi connectivity index (χ4n) is 1.64. The predicted molar refractivity (Wildman–Crippen MR) is 74.1 cm³/mol. The van der Waals surface area contributed by atoms with Crippen LogP contribution in [0.1, 0.15) is 5.56 Å². The predicted octanol–water partition coefficient (Wildman–Crippen LogP) is 2.46. The van der Waals surface area contributed by atoms with E-state index in [1.54, 1.807) is 11.1 Å². The zero-order valence-corrected chi connectivity index (χ0v) is 11.5. The second-order valence-corrected chi connectivity index (χ2v) is 4.85. The Kier molecular flexibility index (Phi) is 4.78. The smallest absolute Gasteiger partial charge is 0.321 e. The molecule has 0 unspecified atom stereocenters. The Morgan fingerprint density at radius 3 is 2.61 bits per heavy atom. The van der Waals surface area contributed by atoms with Gasteiger partial charge in [0.2, 0.25) is 0 Å². The molecule has 4 nitrogen and oxygen atoms in total. The first-order valence-electron chi connectivity index (χ1n) is 5.81. The summed E-state index contributed by atoms with van der Waals surface area (Å²) in [6, 6.07) is 7.79. The maximum atomic E-state index is 11.7. The zero-order chi connectivity index (χ0) is 12.8. The van der Waals surface area contributed by atoms with Crippen molar-refractivity contribution >= 4 is 28.0 Å². The lowest BCUT2D eigenvalue weighted by Crippen LogP contribution is -2.44. The van der Waals surface area contributed by atoms with Crippen LogP contribution in [0.4, 0.5) is 4.79 Å². The highest BCUT2D eigenvalue weighted by Gasteiger charge is 2.14. The number of amides is 2. The molecule has 0 radical (unpaired) electrons. The summed E-state index contributed by atoms with van der Waals surface area (Å²) in [5, 5.41) is 2.75. The fraction of sp³-hybridized carbons (Fsp3) is 0.308. The number of nitrogens with one attached hydrogen (secondary N) is 1. The minimum Gasteiger partial charge on any atom is -0.378 e. The van der Waals surface area contributed by atoms with Gasteiger partial charge in [0.25, 0.3) is 0 Å². The highest BCUT2D eigenvalue weighted by atomic mass is 79.9. The lowest BCUT2D eigenvalue weighted by Gasteiger charge is -2.26. The number of benzene rings is 1. The summed E-state index contributed by atoms with van der Waals surface area (Å²) in [4.78, 5) is 13.5. The number of halogens is 1. The molecule has 18 heavy (non-hydrogen) atoms. The van der Waals surface area contributed by atoms with Gasteiger partial charge >= 0.3 is 6.03 Å². The molecule has 1 saturated heterocycles. The van der Waals surface area contributed by atoms with Gasteiger partial charge in [-0.1, -0.05) is 28.1 Å². The third-order valence-corrected chi connectivity index (χ3v) is 3.18. The van der Waals surface area contributed by atoms with Crippen LogP contribution in [0.15, 0.2) is 34.9 Å². The van der Waals surface area contributed by atoms with E-state index in [9.17, 15) is 4.79 Å². The molecule has 96 valence electrons. The van der Waals surface area contributed by atoms with E-state index < -0.39 is 0 Å². The van der Waals surface area contributed by atoms with Gasteiger partial charge in [-0.3, -0.25) is 0 Å². The molecule has 2 rings (SSSR count). The molecule has 0 atom stereocenters. The van der Waals surface area contributed by atoms with Gasteiger partial charge in [-0.25, -0.2) is 4.79 Å². The molecule has 0 aromatic heterocycles. The van der Waals surface area contributed by atoms with Crippen LogP contribution in [0.25, 0.3) is 6.08 Å². The fourth-order valence-corrected chi connectivity index (χ4v) is 1.91. The van der Waals surface area contributed by atoms with Crippen molar-refractivity contribution in [3.05, 3.63) is 40.5 Å². The third-order valence-electron chi connectivity index (χ3n) is 2.65. The summed E-state index contributed by atoms with van der Waals surface area (Å²) in [6.07, 6.45) is 3.53. The second-order valence-electron chi connectivity index (χ2n) is 3.93. The molecule has 0 aliphatic carbocycles. The molecule has 0 bridgehead atoms. The zero-order valence-electron chi connectivity index (χ0n) is 9.93. The number of carbonyl (C=O) groups excluding carboxylic acids is 1. The Morgan fingerprint density at radius 1 is 1.28 bits per heavy atom. The summed E-state index contributed by atoms with van der Waals surface area (Å²) in [6.45, 7) is 2.53. The number of urea groups is 1. The topological polar surface area (TPSA) is 41.6 Å². The quantitative estimate of drug-likeness (QED) is 0.911. The van der Waals surface area contributed by atoms with E-state index >= 15 is 0 Å². The summed E-state index contributed by atoms with van der Waals surface area (Å²) in [7, 11) is 0. The molecular weight excluding hydrogens is 296 g/mol. The Morgan fingerprint density at radius 2 is 1.94 bits per heavy atom. The molecule has 0 spiro atoms. The van der Waals surface area contributed by atoms with Gasteiger partial charge in [0, 0.05) is 23.8 Å². The van der Waals surface area contributed by atoms with Crippen LogP contribution < -0.4 is 5.32 Å². The molecule has 5 heteroatoms. The minimum absolute atomic E-state index is 0.0772. The first kappa shape index (κ1) is 13.1. The number of hydrogen-bond acceptors (Lipinski definition) is 2. The van der Waals surface area contributed by atoms with Crippen molar-refractivity contribution in [1.82, 2.24) is 10.2 Å². The van der Waals surface area contributed by atoms with Crippen LogP contribution in [-0.2, 0) is 4.74 Å². The molecule has 1 aromatic carbocycles. The number of ether oxygens (including phenoxy) is 1. The Bertz CT molecular complexity index is 425. The number of nitrogens with zero attached hydrogens (tertiary/aromatic N) is 1. The van der Waals surface area contributed by atoms with Gasteiger partial charge < -0.3 is 15.0 Å². The van der Waals surface area contributed by atoms with Crippen molar-refractivity contribution < 1.29 is 9.53 Å². The number of morpholine rings is 1. The van der Waals surface area contributed by atoms with E-state index in [2.05, 4.69) is 21.2 Å².